The summed E-state index contributed by atoms with van der Waals surface area (Å²) in [5.74, 6) is -3.46. The maximum Gasteiger partial charge on any atom is 0.406 e. The van der Waals surface area contributed by atoms with Crippen LogP contribution in [0.15, 0.2) is 324 Å². The first kappa shape index (κ1) is 87.3. The summed E-state index contributed by atoms with van der Waals surface area (Å²) in [4.78, 5) is 49.9. The third kappa shape index (κ3) is 17.9. The average molecular weight is 1820 g/mol. The van der Waals surface area contributed by atoms with Crippen LogP contribution in [0.5, 0.6) is 0 Å². The van der Waals surface area contributed by atoms with E-state index in [0.29, 0.717) is 44.0 Å². The Morgan fingerprint density at radius 2 is 0.585 bits per heavy atom. The molecule has 0 atom stereocenters. The van der Waals surface area contributed by atoms with Crippen molar-refractivity contribution in [3.05, 3.63) is 365 Å². The zero-order valence-corrected chi connectivity index (χ0v) is 71.0. The van der Waals surface area contributed by atoms with Crippen molar-refractivity contribution < 1.29 is 57.1 Å². The summed E-state index contributed by atoms with van der Waals surface area (Å²) in [6, 6.07) is 61.9. The molecule has 0 bridgehead atoms. The molecule has 0 saturated carbocycles. The van der Waals surface area contributed by atoms with E-state index >= 15 is 0 Å². The molecular formula is C104H69F13N18. The molecule has 0 unspecified atom stereocenters. The molecule has 0 radical (unpaired) electrons. The van der Waals surface area contributed by atoms with Gasteiger partial charge in [-0.2, -0.15) is 39.5 Å². The lowest BCUT2D eigenvalue weighted by Gasteiger charge is -2.11. The first-order valence-electron chi connectivity index (χ1n) is 41.9. The lowest BCUT2D eigenvalue weighted by atomic mass is 10.1. The Bertz CT molecular complexity index is 8520. The van der Waals surface area contributed by atoms with Gasteiger partial charge in [-0.3, -0.25) is 29.9 Å². The number of hydrogen-bond acceptors (Lipinski definition) is 12. The van der Waals surface area contributed by atoms with E-state index in [2.05, 4.69) is 87.6 Å². The van der Waals surface area contributed by atoms with Gasteiger partial charge in [0.05, 0.1) is 52.4 Å². The number of halogens is 13. The molecule has 24 rings (SSSR count). The summed E-state index contributed by atoms with van der Waals surface area (Å²) in [7, 11) is 3.86. The molecule has 18 aromatic heterocycles. The van der Waals surface area contributed by atoms with E-state index in [1.165, 1.54) is 83.5 Å². The molecule has 1 N–H and O–H groups in total. The van der Waals surface area contributed by atoms with E-state index in [0.717, 1.165) is 148 Å². The van der Waals surface area contributed by atoms with Crippen molar-refractivity contribution in [1.82, 2.24) is 87.6 Å². The molecule has 31 heteroatoms. The number of fused-ring (bicyclic) bond motifs is 18. The number of rotatable bonds is 11. The quantitative estimate of drug-likeness (QED) is 0.0952. The van der Waals surface area contributed by atoms with Gasteiger partial charge in [0.2, 0.25) is 35.7 Å². The molecule has 18 heterocycles. The number of H-pyrrole nitrogens is 1. The Hall–Kier alpha value is -17.0. The van der Waals surface area contributed by atoms with Gasteiger partial charge in [0.1, 0.15) is 13.2 Å². The van der Waals surface area contributed by atoms with Crippen molar-refractivity contribution in [2.24, 2.45) is 14.1 Å². The highest BCUT2D eigenvalue weighted by Gasteiger charge is 2.30. The van der Waals surface area contributed by atoms with Gasteiger partial charge >= 0.3 is 6.18 Å². The number of nitrogens with one attached hydrogen (secondary N) is 1. The van der Waals surface area contributed by atoms with Crippen LogP contribution in [0.1, 0.15) is 0 Å². The average Bonchev–Trinajstić information content (AvgIpc) is 1.60. The smallest absolute Gasteiger partial charge is 0.354 e. The minimum absolute atomic E-state index is 0.287. The molecular weight excluding hydrogens is 1750 g/mol. The normalized spacial score (nSPS) is 11.6. The van der Waals surface area contributed by atoms with Crippen molar-refractivity contribution >= 4 is 131 Å². The van der Waals surface area contributed by atoms with Gasteiger partial charge < -0.3 is 27.8 Å². The first-order chi connectivity index (χ1) is 65.5. The number of benzene rings is 6. The van der Waals surface area contributed by atoms with Crippen LogP contribution in [0.25, 0.3) is 198 Å². The molecule has 0 spiro atoms. The topological polar surface area (TPSA) is 195 Å². The summed E-state index contributed by atoms with van der Waals surface area (Å²) < 4.78 is 179. The Labute approximate surface area is 756 Å². The molecule has 0 saturated heterocycles. The lowest BCUT2D eigenvalue weighted by Crippen LogP contribution is -2.17. The van der Waals surface area contributed by atoms with Crippen LogP contribution in [0.2, 0.25) is 0 Å². The Kier molecular flexibility index (Phi) is 24.0. The number of aromatic amines is 1. The highest BCUT2D eigenvalue weighted by atomic mass is 19.4. The standard InChI is InChI=1S/C18H11F4N3.C18H12F3N3.C18H13F2N3.C17H11F2N3.C17H12FN3.C16H10FN3/c19-17-4-2-12(8-24-17)11-1-3-13-14-9-23-6-5-15(14)25(16(13)7-11)10-18(20,21)22;19-17(20)10-24-15-5-6-22-9-14(15)13-3-1-11(7-16(13)24)12-2-4-18(21)23-8-12;19-6-8-23-16-5-7-21-11-15(16)14-3-1-12(9-17(14)23)13-2-4-18(20)22-10-13;1-22-15-6-10(11-3-5-16(19)21-7-11)2-4-12(15)13-8-20-9-14(18)17(13)22;1-21-15-6-7-19-10-14(15)13-4-2-11(8-16(13)21)12-3-5-17(18)20-9-12;17-16-4-2-11(8-19-16)10-1-3-12-13-9-18-6-5-14(13)20-15(12)7-10/h1-9H,10H2;1-9,17H,10H2;1-5,7,9-11H,6,8H2;2-9H,1H3;2-10H,1H3;1-9,20H. The number of nitrogens with zero attached hydrogens (tertiary/aromatic N) is 17. The molecule has 666 valence electrons. The van der Waals surface area contributed by atoms with E-state index in [4.69, 9.17) is 0 Å². The molecule has 6 aromatic carbocycles. The Morgan fingerprint density at radius 1 is 0.274 bits per heavy atom. The summed E-state index contributed by atoms with van der Waals surface area (Å²) in [5.41, 5.74) is 20.1. The zero-order chi connectivity index (χ0) is 93.3. The molecule has 0 fully saturated rings. The van der Waals surface area contributed by atoms with Crippen LogP contribution in [0, 0.1) is 41.5 Å². The van der Waals surface area contributed by atoms with Crippen LogP contribution in [0.4, 0.5) is 57.1 Å². The summed E-state index contributed by atoms with van der Waals surface area (Å²) in [5, 5.41) is 11.3. The van der Waals surface area contributed by atoms with Crippen LogP contribution in [0.3, 0.4) is 0 Å². The van der Waals surface area contributed by atoms with E-state index in [1.54, 1.807) is 133 Å². The van der Waals surface area contributed by atoms with Gasteiger partial charge in [0, 0.05) is 251 Å². The number of aryl methyl sites for hydroxylation is 3. The third-order valence-electron chi connectivity index (χ3n) is 23.4. The summed E-state index contributed by atoms with van der Waals surface area (Å²) >= 11 is 0. The lowest BCUT2D eigenvalue weighted by molar-refractivity contribution is -0.139. The second kappa shape index (κ2) is 37.1. The van der Waals surface area contributed by atoms with Gasteiger partial charge in [-0.05, 0) is 173 Å². The zero-order valence-electron chi connectivity index (χ0n) is 71.0. The van der Waals surface area contributed by atoms with Gasteiger partial charge in [0.25, 0.3) is 6.43 Å². The molecule has 0 aliphatic carbocycles. The third-order valence-corrected chi connectivity index (χ3v) is 23.4. The van der Waals surface area contributed by atoms with Gasteiger partial charge in [-0.25, -0.2) is 47.5 Å². The molecule has 0 aliphatic rings. The van der Waals surface area contributed by atoms with E-state index in [-0.39, 0.29) is 12.4 Å². The predicted octanol–water partition coefficient (Wildman–Crippen LogP) is 25.9. The number of pyridine rings is 12. The van der Waals surface area contributed by atoms with Crippen LogP contribution >= 0.6 is 0 Å². The largest absolute Gasteiger partial charge is 0.406 e. The van der Waals surface area contributed by atoms with Crippen LogP contribution in [-0.4, -0.2) is 107 Å². The fourth-order valence-electron chi connectivity index (χ4n) is 17.1. The Balaban J connectivity index is 0.000000104. The van der Waals surface area contributed by atoms with E-state index in [1.807, 2.05) is 127 Å². The maximum atomic E-state index is 14.0. The van der Waals surface area contributed by atoms with E-state index < -0.39 is 68.1 Å². The van der Waals surface area contributed by atoms with Crippen molar-refractivity contribution in [2.75, 3.05) is 6.67 Å². The SMILES string of the molecule is Cn1c2cc(-c3ccc(F)nc3)ccc2c2cncc(F)c21.Cn1c2ccncc2c2ccc(-c3ccc(F)nc3)cc21.FCCn1c2ccncc2c2ccc(-c3ccc(F)nc3)cc21.Fc1ccc(-c2ccc3c(c2)[nH]c2ccncc23)cn1.Fc1ccc(-c2ccc3c4cnccc4n(CC(F)(F)F)c3c2)cn1.Fc1ccc(-c2ccc3c4cnccc4n(CC(F)F)c3c2)cn1. The fourth-order valence-corrected chi connectivity index (χ4v) is 17.1. The van der Waals surface area contributed by atoms with Crippen LogP contribution in [-0.2, 0) is 33.7 Å². The van der Waals surface area contributed by atoms with E-state index in [9.17, 15) is 57.1 Å². The molecule has 0 amide bonds. The van der Waals surface area contributed by atoms with Gasteiger partial charge in [-0.15, -0.1) is 0 Å². The van der Waals surface area contributed by atoms with Crippen molar-refractivity contribution in [1.29, 1.82) is 0 Å². The maximum absolute atomic E-state index is 14.0. The molecule has 24 aromatic rings. The van der Waals surface area contributed by atoms with Crippen LogP contribution < -0.4 is 0 Å². The number of alkyl halides is 6. The Morgan fingerprint density at radius 3 is 0.978 bits per heavy atom. The van der Waals surface area contributed by atoms with Crippen molar-refractivity contribution in [3.8, 4) is 66.8 Å². The summed E-state index contributed by atoms with van der Waals surface area (Å²) in [6.07, 6.45) is 22.0. The number of aromatic nitrogens is 18. The molecule has 135 heavy (non-hydrogen) atoms. The monoisotopic (exact) mass is 1820 g/mol. The molecule has 0 aliphatic heterocycles. The fraction of sp³-hybridized carbons (Fsp3) is 0.0769. The van der Waals surface area contributed by atoms with Gasteiger partial charge in [-0.1, -0.05) is 72.8 Å². The number of hydrogen-bond donors (Lipinski definition) is 1. The minimum Gasteiger partial charge on any atom is -0.354 e. The predicted molar refractivity (Wildman–Crippen MR) is 499 cm³/mol. The van der Waals surface area contributed by atoms with Gasteiger partial charge in [0.15, 0.2) is 5.82 Å². The minimum atomic E-state index is -4.35. The summed E-state index contributed by atoms with van der Waals surface area (Å²) in [6.45, 7) is -1.64. The highest BCUT2D eigenvalue weighted by Crippen LogP contribution is 2.40. The highest BCUT2D eigenvalue weighted by molar-refractivity contribution is 6.13. The first-order valence-corrected chi connectivity index (χ1v) is 41.9. The second-order valence-electron chi connectivity index (χ2n) is 31.4. The molecule has 18 nitrogen and oxygen atoms in total. The van der Waals surface area contributed by atoms with Crippen molar-refractivity contribution in [2.45, 2.75) is 32.2 Å². The second-order valence-corrected chi connectivity index (χ2v) is 31.4. The van der Waals surface area contributed by atoms with Crippen molar-refractivity contribution in [3.63, 3.8) is 0 Å².